The van der Waals surface area contributed by atoms with Gasteiger partial charge in [0.05, 0.1) is 5.39 Å². The molecule has 0 aliphatic rings. The molecule has 1 N–H and O–H groups in total. The number of rotatable bonds is 8. The standard InChI is InChI=1S/C25H27NO6/c1-4-9-19(26-25(29)30-15-17-10-7-6-8-11-17)24(28)32-21-13-16(3)12-20-23(21)18(5-2)14-22(27)31-20/h6-8,10-14,19H,4-5,9,15H2,1-3H3,(H,26,29). The first-order valence-electron chi connectivity index (χ1n) is 10.7. The van der Waals surface area contributed by atoms with Gasteiger partial charge in [-0.15, -0.1) is 0 Å². The van der Waals surface area contributed by atoms with Crippen molar-refractivity contribution in [2.75, 3.05) is 0 Å². The van der Waals surface area contributed by atoms with Crippen molar-refractivity contribution < 1.29 is 23.5 Å². The van der Waals surface area contributed by atoms with Gasteiger partial charge in [0.2, 0.25) is 0 Å². The Hall–Kier alpha value is -3.61. The lowest BCUT2D eigenvalue weighted by Crippen LogP contribution is -2.43. The highest BCUT2D eigenvalue weighted by atomic mass is 16.6. The number of hydrogen-bond donors (Lipinski definition) is 1. The molecule has 0 spiro atoms. The first-order valence-corrected chi connectivity index (χ1v) is 10.7. The number of fused-ring (bicyclic) bond motifs is 1. The third-order valence-corrected chi connectivity index (χ3v) is 4.99. The van der Waals surface area contributed by atoms with Crippen LogP contribution in [0.15, 0.2) is 57.7 Å². The number of esters is 1. The summed E-state index contributed by atoms with van der Waals surface area (Å²) in [5, 5.41) is 3.18. The SMILES string of the molecule is CCCC(NC(=O)OCc1ccccc1)C(=O)Oc1cc(C)cc2oc(=O)cc(CC)c12. The van der Waals surface area contributed by atoms with Gasteiger partial charge in [-0.25, -0.2) is 14.4 Å². The van der Waals surface area contributed by atoms with Gasteiger partial charge in [-0.1, -0.05) is 50.6 Å². The quantitative estimate of drug-likeness (QED) is 0.313. The van der Waals surface area contributed by atoms with Crippen LogP contribution in [0, 0.1) is 6.92 Å². The Morgan fingerprint density at radius 1 is 1.09 bits per heavy atom. The Labute approximate surface area is 186 Å². The first kappa shape index (κ1) is 23.1. The predicted octanol–water partition coefficient (Wildman–Crippen LogP) is 4.66. The van der Waals surface area contributed by atoms with E-state index in [0.29, 0.717) is 36.0 Å². The lowest BCUT2D eigenvalue weighted by molar-refractivity contribution is -0.136. The molecule has 1 unspecified atom stereocenters. The molecule has 1 atom stereocenters. The number of aryl methyl sites for hydroxylation is 2. The van der Waals surface area contributed by atoms with Crippen molar-refractivity contribution in [3.63, 3.8) is 0 Å². The van der Waals surface area contributed by atoms with Crippen LogP contribution >= 0.6 is 0 Å². The minimum Gasteiger partial charge on any atom is -0.445 e. The summed E-state index contributed by atoms with van der Waals surface area (Å²) in [6.45, 7) is 5.73. The first-order chi connectivity index (χ1) is 15.4. The second-order valence-corrected chi connectivity index (χ2v) is 7.55. The van der Waals surface area contributed by atoms with Gasteiger partial charge in [0.15, 0.2) is 0 Å². The average molecular weight is 437 g/mol. The largest absolute Gasteiger partial charge is 0.445 e. The second-order valence-electron chi connectivity index (χ2n) is 7.55. The summed E-state index contributed by atoms with van der Waals surface area (Å²) < 4.78 is 16.3. The maximum atomic E-state index is 12.9. The maximum Gasteiger partial charge on any atom is 0.408 e. The summed E-state index contributed by atoms with van der Waals surface area (Å²) >= 11 is 0. The predicted molar refractivity (Wildman–Crippen MR) is 121 cm³/mol. The van der Waals surface area contributed by atoms with Gasteiger partial charge in [0.1, 0.15) is 24.0 Å². The van der Waals surface area contributed by atoms with Crippen LogP contribution in [0.3, 0.4) is 0 Å². The van der Waals surface area contributed by atoms with Crippen LogP contribution in [0.25, 0.3) is 11.0 Å². The van der Waals surface area contributed by atoms with E-state index in [-0.39, 0.29) is 6.61 Å². The fraction of sp³-hybridized carbons (Fsp3) is 0.320. The smallest absolute Gasteiger partial charge is 0.408 e. The summed E-state index contributed by atoms with van der Waals surface area (Å²) in [4.78, 5) is 37.1. The van der Waals surface area contributed by atoms with Crippen LogP contribution in [0.5, 0.6) is 5.75 Å². The minimum atomic E-state index is -0.875. The summed E-state index contributed by atoms with van der Waals surface area (Å²) in [6, 6.07) is 13.2. The van der Waals surface area contributed by atoms with E-state index in [0.717, 1.165) is 16.7 Å². The van der Waals surface area contributed by atoms with E-state index in [2.05, 4.69) is 5.32 Å². The second kappa shape index (κ2) is 10.6. The molecule has 168 valence electrons. The van der Waals surface area contributed by atoms with E-state index >= 15 is 0 Å². The van der Waals surface area contributed by atoms with Gasteiger partial charge in [-0.3, -0.25) is 0 Å². The summed E-state index contributed by atoms with van der Waals surface area (Å²) in [6.07, 6.45) is 0.915. The van der Waals surface area contributed by atoms with Crippen LogP contribution < -0.4 is 15.7 Å². The molecule has 0 aliphatic carbocycles. The highest BCUT2D eigenvalue weighted by molar-refractivity contribution is 5.91. The molecule has 0 radical (unpaired) electrons. The molecule has 1 aromatic heterocycles. The number of carbonyl (C=O) groups excluding carboxylic acids is 2. The monoisotopic (exact) mass is 437 g/mol. The Morgan fingerprint density at radius 3 is 2.53 bits per heavy atom. The molecular formula is C25H27NO6. The van der Waals surface area contributed by atoms with E-state index in [9.17, 15) is 14.4 Å². The number of hydrogen-bond acceptors (Lipinski definition) is 6. The van der Waals surface area contributed by atoms with Crippen molar-refractivity contribution in [1.29, 1.82) is 0 Å². The average Bonchev–Trinajstić information content (AvgIpc) is 2.77. The van der Waals surface area contributed by atoms with Gasteiger partial charge in [-0.05, 0) is 48.6 Å². The van der Waals surface area contributed by atoms with E-state index < -0.39 is 23.7 Å². The number of benzene rings is 2. The molecule has 0 saturated carbocycles. The zero-order valence-corrected chi connectivity index (χ0v) is 18.5. The molecule has 3 aromatic rings. The molecule has 0 saturated heterocycles. The molecule has 0 bridgehead atoms. The van der Waals surface area contributed by atoms with Gasteiger partial charge in [-0.2, -0.15) is 0 Å². The maximum absolute atomic E-state index is 12.9. The van der Waals surface area contributed by atoms with Gasteiger partial charge in [0.25, 0.3) is 0 Å². The minimum absolute atomic E-state index is 0.0992. The number of amides is 1. The zero-order valence-electron chi connectivity index (χ0n) is 18.5. The van der Waals surface area contributed by atoms with E-state index in [1.807, 2.05) is 51.1 Å². The van der Waals surface area contributed by atoms with Crippen molar-refractivity contribution >= 4 is 23.0 Å². The van der Waals surface area contributed by atoms with E-state index in [4.69, 9.17) is 13.9 Å². The Bertz CT molecular complexity index is 1150. The van der Waals surface area contributed by atoms with Crippen molar-refractivity contribution in [3.05, 3.63) is 75.6 Å². The fourth-order valence-electron chi connectivity index (χ4n) is 3.45. The van der Waals surface area contributed by atoms with Crippen LogP contribution in [0.2, 0.25) is 0 Å². The van der Waals surface area contributed by atoms with Crippen LogP contribution in [-0.4, -0.2) is 18.1 Å². The molecule has 7 nitrogen and oxygen atoms in total. The summed E-state index contributed by atoms with van der Waals surface area (Å²) in [5.41, 5.74) is 2.25. The highest BCUT2D eigenvalue weighted by Crippen LogP contribution is 2.30. The molecule has 3 rings (SSSR count). The number of alkyl carbamates (subject to hydrolysis) is 1. The third kappa shape index (κ3) is 5.75. The Kier molecular flexibility index (Phi) is 7.65. The fourth-order valence-corrected chi connectivity index (χ4v) is 3.45. The Morgan fingerprint density at radius 2 is 1.84 bits per heavy atom. The van der Waals surface area contributed by atoms with Gasteiger partial charge >= 0.3 is 17.7 Å². The number of ether oxygens (including phenoxy) is 2. The summed E-state index contributed by atoms with van der Waals surface area (Å²) in [7, 11) is 0. The van der Waals surface area contributed by atoms with E-state index in [1.165, 1.54) is 6.07 Å². The zero-order chi connectivity index (χ0) is 23.1. The lowest BCUT2D eigenvalue weighted by atomic mass is 10.0. The number of carbonyl (C=O) groups is 2. The van der Waals surface area contributed by atoms with Crippen molar-refractivity contribution in [3.8, 4) is 5.75 Å². The van der Waals surface area contributed by atoms with E-state index in [1.54, 1.807) is 12.1 Å². The highest BCUT2D eigenvalue weighted by Gasteiger charge is 2.24. The van der Waals surface area contributed by atoms with Crippen LogP contribution in [-0.2, 0) is 22.6 Å². The molecule has 1 heterocycles. The van der Waals surface area contributed by atoms with Gasteiger partial charge in [0, 0.05) is 6.07 Å². The molecule has 1 amide bonds. The molecule has 2 aromatic carbocycles. The van der Waals surface area contributed by atoms with Crippen molar-refractivity contribution in [2.24, 2.45) is 0 Å². The Balaban J connectivity index is 1.78. The van der Waals surface area contributed by atoms with Gasteiger partial charge < -0.3 is 19.2 Å². The third-order valence-electron chi connectivity index (χ3n) is 4.99. The molecule has 0 aliphatic heterocycles. The normalized spacial score (nSPS) is 11.7. The molecule has 7 heteroatoms. The molecule has 0 fully saturated rings. The lowest BCUT2D eigenvalue weighted by Gasteiger charge is -2.18. The van der Waals surface area contributed by atoms with Crippen molar-refractivity contribution in [2.45, 2.75) is 52.7 Å². The van der Waals surface area contributed by atoms with Crippen LogP contribution in [0.4, 0.5) is 4.79 Å². The molecule has 32 heavy (non-hydrogen) atoms. The summed E-state index contributed by atoms with van der Waals surface area (Å²) in [5.74, 6) is -0.310. The molecular weight excluding hydrogens is 410 g/mol. The van der Waals surface area contributed by atoms with Crippen molar-refractivity contribution in [1.82, 2.24) is 5.32 Å². The number of nitrogens with one attached hydrogen (secondary N) is 1. The topological polar surface area (TPSA) is 94.8 Å². The van der Waals surface area contributed by atoms with Crippen LogP contribution in [0.1, 0.15) is 43.4 Å².